The number of aromatic nitrogens is 1. The molecule has 204 valence electrons. The van der Waals surface area contributed by atoms with Gasteiger partial charge in [-0.05, 0) is 49.8 Å². The number of hydrogen-bond donors (Lipinski definition) is 0. The molecule has 1 aliphatic heterocycles. The third kappa shape index (κ3) is 5.60. The number of fused-ring (bicyclic) bond motifs is 1. The number of ether oxygens (including phenoxy) is 2. The fourth-order valence-electron chi connectivity index (χ4n) is 4.45. The Hall–Kier alpha value is -3.36. The molecule has 0 spiro atoms. The number of allylic oxidation sites excluding steroid dienone is 1. The van der Waals surface area contributed by atoms with Crippen molar-refractivity contribution in [1.82, 2.24) is 4.57 Å². The minimum Gasteiger partial charge on any atom is -0.488 e. The Morgan fingerprint density at radius 3 is 2.55 bits per heavy atom. The van der Waals surface area contributed by atoms with Crippen LogP contribution in [0.4, 0.5) is 0 Å². The number of halogens is 3. The first-order chi connectivity index (χ1) is 19.3. The van der Waals surface area contributed by atoms with Crippen LogP contribution >= 0.6 is 46.1 Å². The van der Waals surface area contributed by atoms with Crippen molar-refractivity contribution in [1.29, 1.82) is 0 Å². The summed E-state index contributed by atoms with van der Waals surface area (Å²) < 4.78 is 13.4. The Kier molecular flexibility index (Phi) is 8.47. The fraction of sp³-hybridized carbons (Fsp3) is 0.167. The van der Waals surface area contributed by atoms with Crippen LogP contribution in [0.1, 0.15) is 36.6 Å². The predicted octanol–water partition coefficient (Wildman–Crippen LogP) is 6.34. The molecule has 0 radical (unpaired) electrons. The van der Waals surface area contributed by atoms with E-state index >= 15 is 0 Å². The van der Waals surface area contributed by atoms with Crippen molar-refractivity contribution in [2.75, 3.05) is 6.61 Å². The molecule has 1 unspecified atom stereocenters. The van der Waals surface area contributed by atoms with Crippen molar-refractivity contribution in [3.05, 3.63) is 129 Å². The first-order valence-electron chi connectivity index (χ1n) is 12.4. The van der Waals surface area contributed by atoms with Gasteiger partial charge in [-0.2, -0.15) is 0 Å². The van der Waals surface area contributed by atoms with E-state index in [0.717, 1.165) is 5.56 Å². The van der Waals surface area contributed by atoms with Gasteiger partial charge in [-0.3, -0.25) is 9.36 Å². The van der Waals surface area contributed by atoms with Gasteiger partial charge in [-0.1, -0.05) is 88.6 Å². The zero-order valence-corrected chi connectivity index (χ0v) is 24.6. The van der Waals surface area contributed by atoms with Gasteiger partial charge in [0.05, 0.1) is 22.4 Å². The largest absolute Gasteiger partial charge is 0.488 e. The number of nitrogens with zero attached hydrogens (tertiary/aromatic N) is 2. The average Bonchev–Trinajstić information content (AvgIpc) is 3.22. The van der Waals surface area contributed by atoms with Crippen molar-refractivity contribution in [2.45, 2.75) is 26.5 Å². The fourth-order valence-corrected chi connectivity index (χ4v) is 6.19. The monoisotopic (exact) mass is 612 g/mol. The first kappa shape index (κ1) is 28.2. The summed E-state index contributed by atoms with van der Waals surface area (Å²) >= 11 is 20.1. The van der Waals surface area contributed by atoms with Gasteiger partial charge in [-0.25, -0.2) is 9.79 Å². The van der Waals surface area contributed by atoms with Gasteiger partial charge in [-0.15, -0.1) is 0 Å². The van der Waals surface area contributed by atoms with Crippen LogP contribution in [0.15, 0.2) is 87.8 Å². The summed E-state index contributed by atoms with van der Waals surface area (Å²) in [5, 5.41) is 1.48. The molecule has 3 aromatic carbocycles. The summed E-state index contributed by atoms with van der Waals surface area (Å²) in [7, 11) is 0. The second kappa shape index (κ2) is 12.0. The number of rotatable bonds is 7. The van der Waals surface area contributed by atoms with Crippen LogP contribution in [0.3, 0.4) is 0 Å². The lowest BCUT2D eigenvalue weighted by molar-refractivity contribution is -0.139. The summed E-state index contributed by atoms with van der Waals surface area (Å²) in [5.74, 6) is 0.0351. The number of benzene rings is 3. The molecular formula is C30H23Cl3N2O4S. The lowest BCUT2D eigenvalue weighted by Crippen LogP contribution is -2.40. The summed E-state index contributed by atoms with van der Waals surface area (Å²) in [6.45, 7) is 3.87. The number of carbonyl (C=O) groups is 1. The second-order valence-corrected chi connectivity index (χ2v) is 11.1. The Morgan fingerprint density at radius 2 is 1.80 bits per heavy atom. The van der Waals surface area contributed by atoms with E-state index in [0.29, 0.717) is 47.0 Å². The van der Waals surface area contributed by atoms with E-state index in [1.165, 1.54) is 15.9 Å². The van der Waals surface area contributed by atoms with E-state index in [-0.39, 0.29) is 24.3 Å². The van der Waals surface area contributed by atoms with Crippen LogP contribution in [-0.2, 0) is 16.1 Å². The second-order valence-electron chi connectivity index (χ2n) is 8.89. The van der Waals surface area contributed by atoms with Crippen molar-refractivity contribution in [3.8, 4) is 5.75 Å². The molecule has 1 aliphatic rings. The molecule has 1 atom stereocenters. The van der Waals surface area contributed by atoms with Gasteiger partial charge < -0.3 is 9.47 Å². The summed E-state index contributed by atoms with van der Waals surface area (Å²) in [6.07, 6.45) is 1.76. The van der Waals surface area contributed by atoms with Crippen LogP contribution in [0.5, 0.6) is 5.75 Å². The molecular weight excluding hydrogens is 591 g/mol. The molecule has 0 aliphatic carbocycles. The zero-order chi connectivity index (χ0) is 28.4. The van der Waals surface area contributed by atoms with Gasteiger partial charge >= 0.3 is 5.97 Å². The topological polar surface area (TPSA) is 69.9 Å². The molecule has 1 aromatic heterocycles. The number of carbonyl (C=O) groups excluding carboxylic acids is 1. The third-order valence-electron chi connectivity index (χ3n) is 6.32. The van der Waals surface area contributed by atoms with E-state index in [9.17, 15) is 9.59 Å². The lowest BCUT2D eigenvalue weighted by Gasteiger charge is -2.25. The molecule has 4 aromatic rings. The number of para-hydroxylation sites is 1. The minimum absolute atomic E-state index is 0.188. The Bertz CT molecular complexity index is 1830. The molecule has 0 N–H and O–H groups in total. The van der Waals surface area contributed by atoms with E-state index < -0.39 is 12.0 Å². The molecule has 6 nitrogen and oxygen atoms in total. The SMILES string of the molecule is CCOC(=O)C1=C(C)N=c2s/c(=C\c3ccccc3OCc3ccc(Cl)cc3Cl)c(=O)n2C1c1ccccc1Cl. The standard InChI is InChI=1S/C30H23Cl3N2O4S/c1-3-38-29(37)26-17(2)34-30-35(27(26)21-9-5-6-10-22(21)32)28(36)25(40-30)14-18-8-4-7-11-24(18)39-16-19-12-13-20(31)15-23(19)33/h4-15,27H,3,16H2,1-2H3/b25-14-. The Balaban J connectivity index is 1.60. The Labute approximate surface area is 249 Å². The highest BCUT2D eigenvalue weighted by Crippen LogP contribution is 2.34. The van der Waals surface area contributed by atoms with Crippen molar-refractivity contribution < 1.29 is 14.3 Å². The molecule has 0 bridgehead atoms. The van der Waals surface area contributed by atoms with E-state index in [4.69, 9.17) is 44.3 Å². The Morgan fingerprint density at radius 1 is 1.05 bits per heavy atom. The van der Waals surface area contributed by atoms with Crippen LogP contribution in [0, 0.1) is 0 Å². The maximum atomic E-state index is 13.9. The van der Waals surface area contributed by atoms with E-state index in [2.05, 4.69) is 4.99 Å². The highest BCUT2D eigenvalue weighted by molar-refractivity contribution is 7.07. The molecule has 10 heteroatoms. The molecule has 5 rings (SSSR count). The summed E-state index contributed by atoms with van der Waals surface area (Å²) in [5.41, 5.74) is 2.53. The zero-order valence-electron chi connectivity index (χ0n) is 21.5. The maximum Gasteiger partial charge on any atom is 0.338 e. The van der Waals surface area contributed by atoms with Crippen molar-refractivity contribution in [3.63, 3.8) is 0 Å². The highest BCUT2D eigenvalue weighted by atomic mass is 35.5. The smallest absolute Gasteiger partial charge is 0.338 e. The van der Waals surface area contributed by atoms with Crippen LogP contribution < -0.4 is 19.6 Å². The van der Waals surface area contributed by atoms with Gasteiger partial charge in [0.15, 0.2) is 4.80 Å². The number of thiazole rings is 1. The molecule has 0 saturated carbocycles. The lowest BCUT2D eigenvalue weighted by atomic mass is 9.96. The summed E-state index contributed by atoms with van der Waals surface area (Å²) in [4.78, 5) is 32.0. The van der Waals surface area contributed by atoms with Crippen molar-refractivity contribution >= 4 is 58.2 Å². The summed E-state index contributed by atoms with van der Waals surface area (Å²) in [6, 6.07) is 19.0. The van der Waals surface area contributed by atoms with Crippen LogP contribution in [0.25, 0.3) is 6.08 Å². The quantitative estimate of drug-likeness (QED) is 0.228. The molecule has 0 fully saturated rings. The molecule has 40 heavy (non-hydrogen) atoms. The molecule has 0 amide bonds. The average molecular weight is 614 g/mol. The van der Waals surface area contributed by atoms with Gasteiger partial charge in [0.2, 0.25) is 0 Å². The number of hydrogen-bond acceptors (Lipinski definition) is 6. The van der Waals surface area contributed by atoms with Crippen LogP contribution in [0.2, 0.25) is 15.1 Å². The molecule has 0 saturated heterocycles. The van der Waals surface area contributed by atoms with Crippen molar-refractivity contribution in [2.24, 2.45) is 4.99 Å². The van der Waals surface area contributed by atoms with E-state index in [1.54, 1.807) is 50.3 Å². The van der Waals surface area contributed by atoms with Gasteiger partial charge in [0, 0.05) is 26.2 Å². The van der Waals surface area contributed by atoms with Crippen LogP contribution in [-0.4, -0.2) is 17.1 Å². The van der Waals surface area contributed by atoms with E-state index in [1.807, 2.05) is 36.4 Å². The minimum atomic E-state index is -0.787. The third-order valence-corrected chi connectivity index (χ3v) is 8.23. The molecule has 2 heterocycles. The normalized spacial score (nSPS) is 15.0. The van der Waals surface area contributed by atoms with Gasteiger partial charge in [0.1, 0.15) is 18.4 Å². The maximum absolute atomic E-state index is 13.9. The predicted molar refractivity (Wildman–Crippen MR) is 159 cm³/mol. The highest BCUT2D eigenvalue weighted by Gasteiger charge is 2.34. The first-order valence-corrected chi connectivity index (χ1v) is 14.3. The number of esters is 1. The van der Waals surface area contributed by atoms with Gasteiger partial charge in [0.25, 0.3) is 5.56 Å².